The molecule has 0 aromatic heterocycles. The van der Waals surface area contributed by atoms with Crippen molar-refractivity contribution in [1.82, 2.24) is 10.6 Å². The van der Waals surface area contributed by atoms with E-state index in [0.29, 0.717) is 18.4 Å². The fourth-order valence-electron chi connectivity index (χ4n) is 2.44. The molecule has 0 aromatic carbocycles. The van der Waals surface area contributed by atoms with Crippen LogP contribution in [0.15, 0.2) is 0 Å². The molecule has 1 aliphatic heterocycles. The van der Waals surface area contributed by atoms with E-state index < -0.39 is 11.5 Å². The van der Waals surface area contributed by atoms with Gasteiger partial charge in [0.15, 0.2) is 0 Å². The molecule has 1 atom stereocenters. The molecule has 3 N–H and O–H groups in total. The molecular formula is C12H24N2O2. The maximum atomic E-state index is 11.4. The minimum Gasteiger partial charge on any atom is -0.480 e. The summed E-state index contributed by atoms with van der Waals surface area (Å²) in [5, 5.41) is 15.9. The summed E-state index contributed by atoms with van der Waals surface area (Å²) in [7, 11) is 0. The Morgan fingerprint density at radius 3 is 2.50 bits per heavy atom. The summed E-state index contributed by atoms with van der Waals surface area (Å²) in [5.41, 5.74) is -0.782. The third kappa shape index (κ3) is 3.76. The topological polar surface area (TPSA) is 61.4 Å². The number of carboxylic acid groups (broad SMARTS) is 1. The van der Waals surface area contributed by atoms with Crippen LogP contribution in [-0.4, -0.2) is 35.7 Å². The number of rotatable bonds is 5. The van der Waals surface area contributed by atoms with Gasteiger partial charge in [0, 0.05) is 6.04 Å². The van der Waals surface area contributed by atoms with Crippen LogP contribution >= 0.6 is 0 Å². The number of hydrogen-bond acceptors (Lipinski definition) is 3. The second-order valence-electron chi connectivity index (χ2n) is 5.40. The van der Waals surface area contributed by atoms with Crippen LogP contribution in [0.4, 0.5) is 0 Å². The van der Waals surface area contributed by atoms with Crippen molar-refractivity contribution in [3.05, 3.63) is 0 Å². The molecule has 0 radical (unpaired) electrons. The SMILES string of the molecule is CC(C)CC(C)(NC1CCNCC1)C(=O)O. The first-order valence-corrected chi connectivity index (χ1v) is 6.16. The molecule has 4 heteroatoms. The van der Waals surface area contributed by atoms with Gasteiger partial charge in [-0.15, -0.1) is 0 Å². The van der Waals surface area contributed by atoms with Gasteiger partial charge in [-0.2, -0.15) is 0 Å². The maximum Gasteiger partial charge on any atom is 0.323 e. The Morgan fingerprint density at radius 2 is 2.06 bits per heavy atom. The van der Waals surface area contributed by atoms with Crippen molar-refractivity contribution >= 4 is 5.97 Å². The highest BCUT2D eigenvalue weighted by atomic mass is 16.4. The molecule has 1 rings (SSSR count). The van der Waals surface area contributed by atoms with Gasteiger partial charge in [0.1, 0.15) is 5.54 Å². The highest BCUT2D eigenvalue weighted by molar-refractivity contribution is 5.78. The molecule has 0 aromatic rings. The summed E-state index contributed by atoms with van der Waals surface area (Å²) in [4.78, 5) is 11.4. The van der Waals surface area contributed by atoms with Crippen molar-refractivity contribution in [2.24, 2.45) is 5.92 Å². The van der Waals surface area contributed by atoms with E-state index in [1.165, 1.54) is 0 Å². The first-order chi connectivity index (χ1) is 7.44. The van der Waals surface area contributed by atoms with Gasteiger partial charge in [0.25, 0.3) is 0 Å². The quantitative estimate of drug-likeness (QED) is 0.662. The monoisotopic (exact) mass is 228 g/mol. The molecule has 0 spiro atoms. The molecule has 1 saturated heterocycles. The van der Waals surface area contributed by atoms with Gasteiger partial charge in [0.2, 0.25) is 0 Å². The van der Waals surface area contributed by atoms with Gasteiger partial charge in [-0.3, -0.25) is 10.1 Å². The van der Waals surface area contributed by atoms with E-state index in [1.807, 2.05) is 0 Å². The average molecular weight is 228 g/mol. The number of aliphatic carboxylic acids is 1. The Hall–Kier alpha value is -0.610. The van der Waals surface area contributed by atoms with E-state index in [1.54, 1.807) is 6.92 Å². The van der Waals surface area contributed by atoms with Crippen molar-refractivity contribution in [2.45, 2.75) is 51.6 Å². The van der Waals surface area contributed by atoms with Crippen LogP contribution in [0.1, 0.15) is 40.0 Å². The molecule has 0 bridgehead atoms. The fraction of sp³-hybridized carbons (Fsp3) is 0.917. The summed E-state index contributed by atoms with van der Waals surface area (Å²) in [6.45, 7) is 7.89. The van der Waals surface area contributed by atoms with E-state index in [9.17, 15) is 9.90 Å². The molecule has 0 aliphatic carbocycles. The lowest BCUT2D eigenvalue weighted by Gasteiger charge is -2.34. The van der Waals surface area contributed by atoms with E-state index >= 15 is 0 Å². The van der Waals surface area contributed by atoms with Crippen LogP contribution in [0.25, 0.3) is 0 Å². The molecule has 0 amide bonds. The third-order valence-corrected chi connectivity index (χ3v) is 3.15. The number of piperidine rings is 1. The summed E-state index contributed by atoms with van der Waals surface area (Å²) in [6, 6.07) is 0.334. The largest absolute Gasteiger partial charge is 0.480 e. The normalized spacial score (nSPS) is 22.0. The number of hydrogen-bond donors (Lipinski definition) is 3. The lowest BCUT2D eigenvalue weighted by molar-refractivity contribution is -0.145. The van der Waals surface area contributed by atoms with Crippen LogP contribution in [0.3, 0.4) is 0 Å². The second kappa shape index (κ2) is 5.64. The molecule has 1 fully saturated rings. The van der Waals surface area contributed by atoms with Crippen LogP contribution in [0.2, 0.25) is 0 Å². The molecule has 94 valence electrons. The van der Waals surface area contributed by atoms with E-state index in [2.05, 4.69) is 24.5 Å². The lowest BCUT2D eigenvalue weighted by Crippen LogP contribution is -2.56. The minimum absolute atomic E-state index is 0.334. The van der Waals surface area contributed by atoms with E-state index in [4.69, 9.17) is 0 Å². The van der Waals surface area contributed by atoms with Crippen LogP contribution in [-0.2, 0) is 4.79 Å². The number of carbonyl (C=O) groups is 1. The molecule has 1 unspecified atom stereocenters. The van der Waals surface area contributed by atoms with Gasteiger partial charge >= 0.3 is 5.97 Å². The van der Waals surface area contributed by atoms with Crippen molar-refractivity contribution in [3.8, 4) is 0 Å². The highest BCUT2D eigenvalue weighted by Crippen LogP contribution is 2.19. The molecule has 16 heavy (non-hydrogen) atoms. The standard InChI is InChI=1S/C12H24N2O2/c1-9(2)8-12(3,11(15)16)14-10-4-6-13-7-5-10/h9-10,13-14H,4-8H2,1-3H3,(H,15,16). The first kappa shape index (κ1) is 13.5. The fourth-order valence-corrected chi connectivity index (χ4v) is 2.44. The summed E-state index contributed by atoms with van der Waals surface area (Å²) >= 11 is 0. The predicted octanol–water partition coefficient (Wildman–Crippen LogP) is 1.22. The van der Waals surface area contributed by atoms with Gasteiger partial charge in [-0.25, -0.2) is 0 Å². The third-order valence-electron chi connectivity index (χ3n) is 3.15. The zero-order valence-electron chi connectivity index (χ0n) is 10.5. The van der Waals surface area contributed by atoms with Crippen molar-refractivity contribution in [2.75, 3.05) is 13.1 Å². The molecule has 1 aliphatic rings. The molecule has 0 saturated carbocycles. The van der Waals surface area contributed by atoms with E-state index in [-0.39, 0.29) is 0 Å². The summed E-state index contributed by atoms with van der Waals surface area (Å²) in [5.74, 6) is -0.352. The summed E-state index contributed by atoms with van der Waals surface area (Å²) < 4.78 is 0. The van der Waals surface area contributed by atoms with Crippen LogP contribution in [0, 0.1) is 5.92 Å². The second-order valence-corrected chi connectivity index (χ2v) is 5.40. The van der Waals surface area contributed by atoms with Crippen LogP contribution in [0.5, 0.6) is 0 Å². The van der Waals surface area contributed by atoms with E-state index in [0.717, 1.165) is 25.9 Å². The lowest BCUT2D eigenvalue weighted by atomic mass is 9.89. The highest BCUT2D eigenvalue weighted by Gasteiger charge is 2.35. The maximum absolute atomic E-state index is 11.4. The zero-order valence-corrected chi connectivity index (χ0v) is 10.5. The van der Waals surface area contributed by atoms with Gasteiger partial charge in [-0.1, -0.05) is 13.8 Å². The van der Waals surface area contributed by atoms with Crippen molar-refractivity contribution < 1.29 is 9.90 Å². The molecular weight excluding hydrogens is 204 g/mol. The van der Waals surface area contributed by atoms with Crippen molar-refractivity contribution in [1.29, 1.82) is 0 Å². The number of carboxylic acids is 1. The average Bonchev–Trinajstić information content (AvgIpc) is 2.17. The predicted molar refractivity (Wildman–Crippen MR) is 64.5 cm³/mol. The smallest absolute Gasteiger partial charge is 0.323 e. The zero-order chi connectivity index (χ0) is 12.2. The first-order valence-electron chi connectivity index (χ1n) is 6.16. The Kier molecular flexibility index (Phi) is 4.74. The van der Waals surface area contributed by atoms with Gasteiger partial charge < -0.3 is 10.4 Å². The van der Waals surface area contributed by atoms with Gasteiger partial charge in [-0.05, 0) is 45.2 Å². The minimum atomic E-state index is -0.782. The Bertz CT molecular complexity index is 237. The molecule has 1 heterocycles. The Labute approximate surface area is 97.8 Å². The molecule has 4 nitrogen and oxygen atoms in total. The Balaban J connectivity index is 2.58. The summed E-state index contributed by atoms with van der Waals surface area (Å²) in [6.07, 6.45) is 2.70. The van der Waals surface area contributed by atoms with Crippen LogP contribution < -0.4 is 10.6 Å². The van der Waals surface area contributed by atoms with Crippen molar-refractivity contribution in [3.63, 3.8) is 0 Å². The number of nitrogens with one attached hydrogen (secondary N) is 2. The Morgan fingerprint density at radius 1 is 1.50 bits per heavy atom. The van der Waals surface area contributed by atoms with Gasteiger partial charge in [0.05, 0.1) is 0 Å².